The van der Waals surface area contributed by atoms with Crippen LogP contribution in [0.1, 0.15) is 16.1 Å². The van der Waals surface area contributed by atoms with E-state index < -0.39 is 0 Å². The molecule has 2 aromatic carbocycles. The van der Waals surface area contributed by atoms with Crippen LogP contribution in [0.25, 0.3) is 11.3 Å². The molecular weight excluding hydrogens is 283 g/mol. The van der Waals surface area contributed by atoms with E-state index in [0.717, 1.165) is 27.4 Å². The van der Waals surface area contributed by atoms with Crippen LogP contribution in [0.2, 0.25) is 0 Å². The van der Waals surface area contributed by atoms with Crippen LogP contribution in [0.15, 0.2) is 53.9 Å². The minimum atomic E-state index is -0.247. The fraction of sp³-hybridized carbons (Fsp3) is 0.118. The average molecular weight is 298 g/mol. The summed E-state index contributed by atoms with van der Waals surface area (Å²) in [4.78, 5) is 4.66. The third-order valence-electron chi connectivity index (χ3n) is 3.35. The van der Waals surface area contributed by atoms with E-state index in [0.29, 0.717) is 13.0 Å². The van der Waals surface area contributed by atoms with Crippen LogP contribution in [-0.2, 0) is 13.0 Å². The predicted octanol–water partition coefficient (Wildman–Crippen LogP) is 4.00. The molecule has 1 heterocycles. The summed E-state index contributed by atoms with van der Waals surface area (Å²) in [5.74, 6) is -0.247. The van der Waals surface area contributed by atoms with Crippen LogP contribution in [0.5, 0.6) is 0 Å². The molecule has 0 saturated heterocycles. The summed E-state index contributed by atoms with van der Waals surface area (Å²) >= 11 is 1.62. The quantitative estimate of drug-likeness (QED) is 0.790. The lowest BCUT2D eigenvalue weighted by Crippen LogP contribution is -2.03. The second-order valence-corrected chi connectivity index (χ2v) is 5.73. The van der Waals surface area contributed by atoms with Crippen molar-refractivity contribution in [2.45, 2.75) is 13.0 Å². The number of nitrogens with two attached hydrogens (primary N) is 1. The maximum atomic E-state index is 13.2. The number of benzene rings is 2. The van der Waals surface area contributed by atoms with Gasteiger partial charge in [-0.05, 0) is 23.3 Å². The number of nitrogens with zero attached hydrogens (tertiary/aromatic N) is 1. The van der Waals surface area contributed by atoms with Crippen LogP contribution >= 0.6 is 11.3 Å². The summed E-state index contributed by atoms with van der Waals surface area (Å²) < 4.78 is 13.2. The number of halogens is 1. The standard InChI is InChI=1S/C17H15FN2S/c18-15-7-6-13(14(8-15)10-19)9-17-20-16(11-21-17)12-4-2-1-3-5-12/h1-8,11H,9-10,19H2. The first-order valence-corrected chi connectivity index (χ1v) is 7.61. The Labute approximate surface area is 127 Å². The second kappa shape index (κ2) is 6.16. The van der Waals surface area contributed by atoms with Crippen molar-refractivity contribution in [2.75, 3.05) is 0 Å². The lowest BCUT2D eigenvalue weighted by Gasteiger charge is -2.06. The molecule has 3 aromatic rings. The molecule has 106 valence electrons. The molecule has 2 nitrogen and oxygen atoms in total. The van der Waals surface area contributed by atoms with Gasteiger partial charge in [-0.1, -0.05) is 36.4 Å². The monoisotopic (exact) mass is 298 g/mol. The van der Waals surface area contributed by atoms with Gasteiger partial charge in [0.25, 0.3) is 0 Å². The van der Waals surface area contributed by atoms with Gasteiger partial charge in [0.1, 0.15) is 5.82 Å². The lowest BCUT2D eigenvalue weighted by molar-refractivity contribution is 0.624. The largest absolute Gasteiger partial charge is 0.326 e. The van der Waals surface area contributed by atoms with Gasteiger partial charge in [-0.25, -0.2) is 9.37 Å². The molecule has 0 radical (unpaired) electrons. The first kappa shape index (κ1) is 13.9. The molecule has 0 aliphatic heterocycles. The highest BCUT2D eigenvalue weighted by Gasteiger charge is 2.08. The molecule has 0 unspecified atom stereocenters. The Bertz CT molecular complexity index is 738. The lowest BCUT2D eigenvalue weighted by atomic mass is 10.0. The summed E-state index contributed by atoms with van der Waals surface area (Å²) in [7, 11) is 0. The van der Waals surface area contributed by atoms with E-state index in [1.165, 1.54) is 12.1 Å². The van der Waals surface area contributed by atoms with Crippen molar-refractivity contribution >= 4 is 11.3 Å². The van der Waals surface area contributed by atoms with Gasteiger partial charge in [-0.15, -0.1) is 11.3 Å². The predicted molar refractivity (Wildman–Crippen MR) is 84.6 cm³/mol. The molecule has 3 rings (SSSR count). The maximum Gasteiger partial charge on any atom is 0.123 e. The highest BCUT2D eigenvalue weighted by molar-refractivity contribution is 7.10. The van der Waals surface area contributed by atoms with Crippen molar-refractivity contribution in [3.05, 3.63) is 75.9 Å². The Kier molecular flexibility index (Phi) is 4.08. The average Bonchev–Trinajstić information content (AvgIpc) is 2.98. The van der Waals surface area contributed by atoms with Crippen LogP contribution < -0.4 is 5.73 Å². The van der Waals surface area contributed by atoms with E-state index >= 15 is 0 Å². The third kappa shape index (κ3) is 3.17. The van der Waals surface area contributed by atoms with Crippen molar-refractivity contribution in [2.24, 2.45) is 5.73 Å². The Balaban J connectivity index is 1.85. The molecule has 0 atom stereocenters. The molecule has 0 aliphatic rings. The van der Waals surface area contributed by atoms with E-state index in [9.17, 15) is 4.39 Å². The molecule has 4 heteroatoms. The van der Waals surface area contributed by atoms with Gasteiger partial charge in [0.2, 0.25) is 0 Å². The SMILES string of the molecule is NCc1cc(F)ccc1Cc1nc(-c2ccccc2)cs1. The van der Waals surface area contributed by atoms with Crippen LogP contribution in [0, 0.1) is 5.82 Å². The summed E-state index contributed by atoms with van der Waals surface area (Å²) in [6.07, 6.45) is 0.685. The normalized spacial score (nSPS) is 10.8. The maximum absolute atomic E-state index is 13.2. The number of thiazole rings is 1. The van der Waals surface area contributed by atoms with E-state index in [2.05, 4.69) is 10.4 Å². The first-order valence-electron chi connectivity index (χ1n) is 6.73. The first-order chi connectivity index (χ1) is 10.3. The number of hydrogen-bond donors (Lipinski definition) is 1. The minimum Gasteiger partial charge on any atom is -0.326 e. The Morgan fingerprint density at radius 3 is 2.62 bits per heavy atom. The summed E-state index contributed by atoms with van der Waals surface area (Å²) in [5.41, 5.74) is 9.65. The summed E-state index contributed by atoms with van der Waals surface area (Å²) in [5, 5.41) is 3.06. The fourth-order valence-electron chi connectivity index (χ4n) is 2.25. The molecule has 1 aromatic heterocycles. The molecule has 0 fully saturated rings. The zero-order valence-corrected chi connectivity index (χ0v) is 12.2. The molecular formula is C17H15FN2S. The minimum absolute atomic E-state index is 0.247. The number of hydrogen-bond acceptors (Lipinski definition) is 3. The van der Waals surface area contributed by atoms with Gasteiger partial charge in [0.05, 0.1) is 10.7 Å². The number of rotatable bonds is 4. The van der Waals surface area contributed by atoms with E-state index in [1.807, 2.05) is 30.3 Å². The summed E-state index contributed by atoms with van der Waals surface area (Å²) in [6.45, 7) is 0.337. The zero-order chi connectivity index (χ0) is 14.7. The smallest absolute Gasteiger partial charge is 0.123 e. The van der Waals surface area contributed by atoms with Gasteiger partial charge < -0.3 is 5.73 Å². The number of aromatic nitrogens is 1. The van der Waals surface area contributed by atoms with Crippen molar-refractivity contribution in [3.8, 4) is 11.3 Å². The molecule has 0 saturated carbocycles. The Hall–Kier alpha value is -2.04. The molecule has 0 aliphatic carbocycles. The molecule has 0 bridgehead atoms. The van der Waals surface area contributed by atoms with Gasteiger partial charge in [0.15, 0.2) is 0 Å². The molecule has 0 spiro atoms. The van der Waals surface area contributed by atoms with Crippen molar-refractivity contribution in [1.82, 2.24) is 4.98 Å². The topological polar surface area (TPSA) is 38.9 Å². The van der Waals surface area contributed by atoms with Gasteiger partial charge in [0, 0.05) is 23.9 Å². The van der Waals surface area contributed by atoms with Crippen molar-refractivity contribution in [3.63, 3.8) is 0 Å². The highest BCUT2D eigenvalue weighted by Crippen LogP contribution is 2.24. The van der Waals surface area contributed by atoms with Gasteiger partial charge in [-0.3, -0.25) is 0 Å². The third-order valence-corrected chi connectivity index (χ3v) is 4.20. The van der Waals surface area contributed by atoms with Gasteiger partial charge in [-0.2, -0.15) is 0 Å². The fourth-order valence-corrected chi connectivity index (χ4v) is 3.08. The second-order valence-electron chi connectivity index (χ2n) is 4.79. The van der Waals surface area contributed by atoms with Crippen LogP contribution in [-0.4, -0.2) is 4.98 Å². The Morgan fingerprint density at radius 2 is 1.86 bits per heavy atom. The van der Waals surface area contributed by atoms with E-state index in [4.69, 9.17) is 5.73 Å². The van der Waals surface area contributed by atoms with Crippen LogP contribution in [0.4, 0.5) is 4.39 Å². The highest BCUT2D eigenvalue weighted by atomic mass is 32.1. The van der Waals surface area contributed by atoms with E-state index in [1.54, 1.807) is 17.4 Å². The zero-order valence-electron chi connectivity index (χ0n) is 11.4. The van der Waals surface area contributed by atoms with Gasteiger partial charge >= 0.3 is 0 Å². The molecule has 21 heavy (non-hydrogen) atoms. The molecule has 0 amide bonds. The summed E-state index contributed by atoms with van der Waals surface area (Å²) in [6, 6.07) is 14.8. The van der Waals surface area contributed by atoms with Crippen molar-refractivity contribution in [1.29, 1.82) is 0 Å². The van der Waals surface area contributed by atoms with Crippen LogP contribution in [0.3, 0.4) is 0 Å². The van der Waals surface area contributed by atoms with E-state index in [-0.39, 0.29) is 5.82 Å². The molecule has 2 N–H and O–H groups in total. The van der Waals surface area contributed by atoms with Crippen molar-refractivity contribution < 1.29 is 4.39 Å². The Morgan fingerprint density at radius 1 is 1.05 bits per heavy atom.